The van der Waals surface area contributed by atoms with Gasteiger partial charge in [0.2, 0.25) is 0 Å². The molecule has 1 aliphatic heterocycles. The van der Waals surface area contributed by atoms with Crippen LogP contribution < -0.4 is 20.7 Å². The van der Waals surface area contributed by atoms with Crippen molar-refractivity contribution >= 4 is 29.0 Å². The maximum atomic E-state index is 12.9. The normalized spacial score (nSPS) is 17.4. The average Bonchev–Trinajstić information content (AvgIpc) is 2.74. The summed E-state index contributed by atoms with van der Waals surface area (Å²) in [6.45, 7) is -3.09. The van der Waals surface area contributed by atoms with Crippen molar-refractivity contribution in [3.8, 4) is 5.75 Å². The van der Waals surface area contributed by atoms with Crippen LogP contribution in [0.5, 0.6) is 5.75 Å². The Morgan fingerprint density at radius 1 is 1.26 bits per heavy atom. The predicted octanol–water partition coefficient (Wildman–Crippen LogP) is 1.30. The molecule has 1 heterocycles. The Kier molecular flexibility index (Phi) is 6.78. The molecular formula is C20H20F2N4O5. The number of carbonyl (C=O) groups is 2. The second-order valence-corrected chi connectivity index (χ2v) is 6.55. The Balaban J connectivity index is 1.73. The van der Waals surface area contributed by atoms with Gasteiger partial charge < -0.3 is 30.5 Å². The number of aliphatic hydroxyl groups excluding tert-OH is 1. The second kappa shape index (κ2) is 9.49. The Bertz CT molecular complexity index is 970. The molecule has 164 valence electrons. The molecule has 2 atom stereocenters. The number of amides is 2. The van der Waals surface area contributed by atoms with E-state index in [0.29, 0.717) is 11.3 Å². The van der Waals surface area contributed by atoms with Gasteiger partial charge in [0.05, 0.1) is 12.3 Å². The summed E-state index contributed by atoms with van der Waals surface area (Å²) < 4.78 is 35.1. The summed E-state index contributed by atoms with van der Waals surface area (Å²) in [5.74, 6) is -2.02. The molecule has 1 saturated heterocycles. The van der Waals surface area contributed by atoms with Crippen LogP contribution in [0.3, 0.4) is 0 Å². The molecule has 0 saturated carbocycles. The highest BCUT2D eigenvalue weighted by atomic mass is 19.3. The summed E-state index contributed by atoms with van der Waals surface area (Å²) in [4.78, 5) is 26.4. The number of carbonyl (C=O) groups excluding carboxylic acids is 2. The van der Waals surface area contributed by atoms with Crippen molar-refractivity contribution in [3.05, 3.63) is 54.1 Å². The number of nitrogens with two attached hydrogens (primary N) is 1. The highest BCUT2D eigenvalue weighted by Gasteiger charge is 2.40. The van der Waals surface area contributed by atoms with Crippen LogP contribution in [0.15, 0.2) is 48.5 Å². The zero-order valence-electron chi connectivity index (χ0n) is 16.1. The molecule has 0 aromatic heterocycles. The maximum absolute atomic E-state index is 12.9. The van der Waals surface area contributed by atoms with E-state index < -0.39 is 30.6 Å². The van der Waals surface area contributed by atoms with Gasteiger partial charge in [-0.2, -0.15) is 8.78 Å². The van der Waals surface area contributed by atoms with Crippen molar-refractivity contribution in [1.82, 2.24) is 0 Å². The minimum atomic E-state index is -3.08. The van der Waals surface area contributed by atoms with Crippen LogP contribution in [0.25, 0.3) is 0 Å². The molecule has 2 aromatic carbocycles. The molecular weight excluding hydrogens is 414 g/mol. The molecule has 0 bridgehead atoms. The number of morpholine rings is 1. The first-order valence-electron chi connectivity index (χ1n) is 9.18. The van der Waals surface area contributed by atoms with Gasteiger partial charge in [-0.1, -0.05) is 12.1 Å². The largest absolute Gasteiger partial charge is 0.433 e. The average molecular weight is 434 g/mol. The molecule has 1 fully saturated rings. The van der Waals surface area contributed by atoms with Gasteiger partial charge in [0.25, 0.3) is 11.8 Å². The molecule has 9 nitrogen and oxygen atoms in total. The van der Waals surface area contributed by atoms with Crippen molar-refractivity contribution in [1.29, 1.82) is 5.41 Å². The van der Waals surface area contributed by atoms with Gasteiger partial charge >= 0.3 is 6.61 Å². The monoisotopic (exact) mass is 434 g/mol. The molecule has 0 radical (unpaired) electrons. The molecule has 2 amide bonds. The topological polar surface area (TPSA) is 138 Å². The molecule has 3 rings (SSSR count). The number of amidine groups is 1. The van der Waals surface area contributed by atoms with E-state index in [9.17, 15) is 23.5 Å². The fourth-order valence-corrected chi connectivity index (χ4v) is 3.03. The summed E-state index contributed by atoms with van der Waals surface area (Å²) in [5, 5.41) is 20.2. The lowest BCUT2D eigenvalue weighted by Crippen LogP contribution is -2.55. The lowest BCUT2D eigenvalue weighted by atomic mass is 10.1. The third-order valence-electron chi connectivity index (χ3n) is 4.51. The molecule has 5 N–H and O–H groups in total. The number of nitrogen functional groups attached to an aromatic ring is 1. The lowest BCUT2D eigenvalue weighted by Gasteiger charge is -2.34. The zero-order valence-corrected chi connectivity index (χ0v) is 16.1. The van der Waals surface area contributed by atoms with E-state index in [0.717, 1.165) is 4.90 Å². The number of halogens is 2. The van der Waals surface area contributed by atoms with Crippen LogP contribution in [0.1, 0.15) is 5.56 Å². The van der Waals surface area contributed by atoms with Gasteiger partial charge in [0.15, 0.2) is 12.2 Å². The fraction of sp³-hybridized carbons (Fsp3) is 0.250. The summed E-state index contributed by atoms with van der Waals surface area (Å²) in [6.07, 6.45) is -3.39. The van der Waals surface area contributed by atoms with Gasteiger partial charge in [-0.3, -0.25) is 15.0 Å². The first-order valence-corrected chi connectivity index (χ1v) is 9.18. The molecule has 31 heavy (non-hydrogen) atoms. The van der Waals surface area contributed by atoms with Crippen LogP contribution in [-0.2, 0) is 14.3 Å². The van der Waals surface area contributed by atoms with E-state index in [4.69, 9.17) is 15.9 Å². The number of anilines is 2. The third-order valence-corrected chi connectivity index (χ3v) is 4.51. The number of para-hydroxylation sites is 2. The van der Waals surface area contributed by atoms with Crippen molar-refractivity contribution in [2.75, 3.05) is 23.4 Å². The Labute approximate surface area is 175 Å². The number of nitrogens with one attached hydrogen (secondary N) is 2. The smallest absolute Gasteiger partial charge is 0.387 e. The number of rotatable bonds is 7. The van der Waals surface area contributed by atoms with Crippen LogP contribution in [-0.4, -0.2) is 54.7 Å². The van der Waals surface area contributed by atoms with Crippen LogP contribution >= 0.6 is 0 Å². The second-order valence-electron chi connectivity index (χ2n) is 6.55. The minimum Gasteiger partial charge on any atom is -0.433 e. The number of aliphatic hydroxyl groups is 1. The van der Waals surface area contributed by atoms with E-state index in [-0.39, 0.29) is 30.4 Å². The highest BCUT2D eigenvalue weighted by molar-refractivity contribution is 6.04. The Morgan fingerprint density at radius 3 is 2.58 bits per heavy atom. The van der Waals surface area contributed by atoms with E-state index in [1.807, 2.05) is 0 Å². The first-order chi connectivity index (χ1) is 14.8. The minimum absolute atomic E-state index is 0.0276. The first kappa shape index (κ1) is 22.1. The van der Waals surface area contributed by atoms with Crippen molar-refractivity contribution in [3.63, 3.8) is 0 Å². The molecule has 2 unspecified atom stereocenters. The summed E-state index contributed by atoms with van der Waals surface area (Å²) in [6, 6.07) is 11.7. The Morgan fingerprint density at radius 2 is 1.94 bits per heavy atom. The van der Waals surface area contributed by atoms with E-state index in [1.165, 1.54) is 42.5 Å². The number of hydrogen-bond acceptors (Lipinski definition) is 6. The summed E-state index contributed by atoms with van der Waals surface area (Å²) in [7, 11) is 0. The molecule has 0 spiro atoms. The van der Waals surface area contributed by atoms with E-state index >= 15 is 0 Å². The third kappa shape index (κ3) is 5.13. The number of hydrogen-bond donors (Lipinski definition) is 4. The number of benzene rings is 2. The predicted molar refractivity (Wildman–Crippen MR) is 107 cm³/mol. The zero-order chi connectivity index (χ0) is 22.5. The maximum Gasteiger partial charge on any atom is 0.387 e. The lowest BCUT2D eigenvalue weighted by molar-refractivity contribution is -0.150. The van der Waals surface area contributed by atoms with Crippen LogP contribution in [0, 0.1) is 5.41 Å². The van der Waals surface area contributed by atoms with E-state index in [2.05, 4.69) is 10.1 Å². The molecule has 0 aliphatic carbocycles. The van der Waals surface area contributed by atoms with E-state index in [1.54, 1.807) is 6.07 Å². The van der Waals surface area contributed by atoms with Crippen molar-refractivity contribution in [2.24, 2.45) is 5.73 Å². The standard InChI is InChI=1S/C20H20F2N4O5/c21-20(22)31-14-4-2-1-3-13(14)26-9-10-30-16(19(26)29)15(27)18(28)25-12-7-5-11(6-8-12)17(23)24/h1-8,15-16,20,27H,9-10H2,(H3,23,24)(H,25,28). The number of nitrogens with zero attached hydrogens (tertiary/aromatic N) is 1. The van der Waals surface area contributed by atoms with Crippen LogP contribution in [0.2, 0.25) is 0 Å². The molecule has 2 aromatic rings. The molecule has 1 aliphatic rings. The Hall–Kier alpha value is -3.57. The van der Waals surface area contributed by atoms with Gasteiger partial charge in [-0.05, 0) is 36.4 Å². The number of alkyl halides is 2. The van der Waals surface area contributed by atoms with Crippen LogP contribution in [0.4, 0.5) is 20.2 Å². The SMILES string of the molecule is N=C(N)c1ccc(NC(=O)C(O)C2OCCN(c3ccccc3OC(F)F)C2=O)cc1. The van der Waals surface area contributed by atoms with Gasteiger partial charge in [-0.15, -0.1) is 0 Å². The number of ether oxygens (including phenoxy) is 2. The van der Waals surface area contributed by atoms with Gasteiger partial charge in [0, 0.05) is 17.8 Å². The van der Waals surface area contributed by atoms with Crippen molar-refractivity contribution in [2.45, 2.75) is 18.8 Å². The highest BCUT2D eigenvalue weighted by Crippen LogP contribution is 2.31. The van der Waals surface area contributed by atoms with Gasteiger partial charge in [0.1, 0.15) is 11.6 Å². The molecule has 11 heteroatoms. The fourth-order valence-electron chi connectivity index (χ4n) is 3.03. The van der Waals surface area contributed by atoms with Gasteiger partial charge in [-0.25, -0.2) is 0 Å². The summed E-state index contributed by atoms with van der Waals surface area (Å²) in [5.41, 5.74) is 6.21. The quantitative estimate of drug-likeness (QED) is 0.383. The van der Waals surface area contributed by atoms with Crippen molar-refractivity contribution < 1.29 is 33.0 Å². The summed E-state index contributed by atoms with van der Waals surface area (Å²) >= 11 is 0.